The van der Waals surface area contributed by atoms with E-state index < -0.39 is 5.97 Å². The molecule has 0 saturated carbocycles. The SMILES string of the molecule is CCOC(=O)c1coc(NC(C)c2nncn2C)n1. The van der Waals surface area contributed by atoms with Gasteiger partial charge < -0.3 is 19.0 Å². The van der Waals surface area contributed by atoms with E-state index in [0.717, 1.165) is 5.82 Å². The van der Waals surface area contributed by atoms with E-state index >= 15 is 0 Å². The Hall–Kier alpha value is -2.38. The molecule has 2 heterocycles. The summed E-state index contributed by atoms with van der Waals surface area (Å²) in [4.78, 5) is 15.4. The van der Waals surface area contributed by atoms with Crippen LogP contribution in [0.2, 0.25) is 0 Å². The number of carbonyl (C=O) groups is 1. The van der Waals surface area contributed by atoms with Crippen molar-refractivity contribution in [2.45, 2.75) is 19.9 Å². The highest BCUT2D eigenvalue weighted by atomic mass is 16.5. The minimum absolute atomic E-state index is 0.134. The molecular formula is C11H15N5O3. The molecule has 0 aliphatic carbocycles. The Morgan fingerprint density at radius 1 is 1.63 bits per heavy atom. The summed E-state index contributed by atoms with van der Waals surface area (Å²) in [6, 6.07) is 0.0831. The molecule has 8 nitrogen and oxygen atoms in total. The van der Waals surface area contributed by atoms with Crippen molar-refractivity contribution in [3.05, 3.63) is 24.1 Å². The zero-order chi connectivity index (χ0) is 13.8. The Morgan fingerprint density at radius 3 is 3.05 bits per heavy atom. The molecule has 0 aliphatic rings. The fraction of sp³-hybridized carbons (Fsp3) is 0.455. The first-order valence-corrected chi connectivity index (χ1v) is 5.85. The lowest BCUT2D eigenvalue weighted by Crippen LogP contribution is -2.12. The number of nitrogens with zero attached hydrogens (tertiary/aromatic N) is 4. The largest absolute Gasteiger partial charge is 0.461 e. The van der Waals surface area contributed by atoms with Crippen LogP contribution in [-0.2, 0) is 11.8 Å². The van der Waals surface area contributed by atoms with Crippen molar-refractivity contribution in [2.75, 3.05) is 11.9 Å². The molecular weight excluding hydrogens is 250 g/mol. The number of nitrogens with one attached hydrogen (secondary N) is 1. The van der Waals surface area contributed by atoms with Gasteiger partial charge in [-0.05, 0) is 13.8 Å². The Bertz CT molecular complexity index is 562. The molecule has 0 fully saturated rings. The molecule has 0 spiro atoms. The molecule has 0 aromatic carbocycles. The maximum Gasteiger partial charge on any atom is 0.360 e. The molecule has 0 aliphatic heterocycles. The average Bonchev–Trinajstić information content (AvgIpc) is 2.98. The third-order valence-corrected chi connectivity index (χ3v) is 2.46. The summed E-state index contributed by atoms with van der Waals surface area (Å²) in [5.41, 5.74) is 0.134. The summed E-state index contributed by atoms with van der Waals surface area (Å²) in [6.45, 7) is 3.91. The second kappa shape index (κ2) is 5.51. The molecule has 1 unspecified atom stereocenters. The minimum Gasteiger partial charge on any atom is -0.461 e. The number of carbonyl (C=O) groups excluding carboxylic acids is 1. The molecule has 1 atom stereocenters. The fourth-order valence-corrected chi connectivity index (χ4v) is 1.57. The lowest BCUT2D eigenvalue weighted by atomic mass is 10.3. The van der Waals surface area contributed by atoms with Crippen LogP contribution in [0.5, 0.6) is 0 Å². The number of anilines is 1. The number of hydrogen-bond donors (Lipinski definition) is 1. The van der Waals surface area contributed by atoms with Crippen molar-refractivity contribution < 1.29 is 13.9 Å². The standard InChI is InChI=1S/C11H15N5O3/c1-4-18-10(17)8-5-19-11(14-8)13-7(2)9-15-12-6-16(9)3/h5-7H,4H2,1-3H3,(H,13,14). The highest BCUT2D eigenvalue weighted by Crippen LogP contribution is 2.16. The summed E-state index contributed by atoms with van der Waals surface area (Å²) in [5.74, 6) is 0.224. The molecule has 2 aromatic heterocycles. The van der Waals surface area contributed by atoms with E-state index in [0.29, 0.717) is 6.61 Å². The third kappa shape index (κ3) is 2.90. The first-order valence-electron chi connectivity index (χ1n) is 5.85. The maximum absolute atomic E-state index is 11.4. The van der Waals surface area contributed by atoms with Crippen LogP contribution in [0.25, 0.3) is 0 Å². The lowest BCUT2D eigenvalue weighted by Gasteiger charge is -2.10. The zero-order valence-electron chi connectivity index (χ0n) is 11.0. The number of oxazole rings is 1. The van der Waals surface area contributed by atoms with Gasteiger partial charge in [-0.25, -0.2) is 4.79 Å². The number of aromatic nitrogens is 4. The maximum atomic E-state index is 11.4. The predicted molar refractivity (Wildman–Crippen MR) is 65.5 cm³/mol. The fourth-order valence-electron chi connectivity index (χ4n) is 1.57. The number of aryl methyl sites for hydroxylation is 1. The van der Waals surface area contributed by atoms with Crippen molar-refractivity contribution in [1.82, 2.24) is 19.7 Å². The Kier molecular flexibility index (Phi) is 3.79. The number of rotatable bonds is 5. The molecule has 0 bridgehead atoms. The van der Waals surface area contributed by atoms with Crippen molar-refractivity contribution in [2.24, 2.45) is 7.05 Å². The van der Waals surface area contributed by atoms with Crippen LogP contribution in [0, 0.1) is 0 Å². The lowest BCUT2D eigenvalue weighted by molar-refractivity contribution is 0.0519. The van der Waals surface area contributed by atoms with Gasteiger partial charge in [-0.15, -0.1) is 10.2 Å². The highest BCUT2D eigenvalue weighted by Gasteiger charge is 2.17. The van der Waals surface area contributed by atoms with E-state index in [1.165, 1.54) is 6.26 Å². The zero-order valence-corrected chi connectivity index (χ0v) is 11.0. The molecule has 2 aromatic rings. The van der Waals surface area contributed by atoms with Gasteiger partial charge in [0, 0.05) is 7.05 Å². The van der Waals surface area contributed by atoms with Crippen LogP contribution in [0.4, 0.5) is 6.01 Å². The molecule has 1 N–H and O–H groups in total. The predicted octanol–water partition coefficient (Wildman–Crippen LogP) is 1.15. The first kappa shape index (κ1) is 13.1. The van der Waals surface area contributed by atoms with Crippen LogP contribution < -0.4 is 5.32 Å². The first-order chi connectivity index (χ1) is 9.11. The van der Waals surface area contributed by atoms with Crippen LogP contribution in [-0.4, -0.2) is 32.3 Å². The van der Waals surface area contributed by atoms with E-state index in [9.17, 15) is 4.79 Å². The van der Waals surface area contributed by atoms with Crippen LogP contribution in [0.1, 0.15) is 36.2 Å². The van der Waals surface area contributed by atoms with E-state index in [2.05, 4.69) is 20.5 Å². The molecule has 0 amide bonds. The second-order valence-electron chi connectivity index (χ2n) is 3.92. The quantitative estimate of drug-likeness (QED) is 0.810. The van der Waals surface area contributed by atoms with E-state index in [1.807, 2.05) is 14.0 Å². The summed E-state index contributed by atoms with van der Waals surface area (Å²) >= 11 is 0. The van der Waals surface area contributed by atoms with Gasteiger partial charge in [-0.3, -0.25) is 0 Å². The van der Waals surface area contributed by atoms with Gasteiger partial charge in [-0.1, -0.05) is 0 Å². The monoisotopic (exact) mass is 265 g/mol. The Labute approximate surface area is 109 Å². The van der Waals surface area contributed by atoms with Gasteiger partial charge >= 0.3 is 5.97 Å². The number of ether oxygens (including phenoxy) is 1. The van der Waals surface area contributed by atoms with Crippen molar-refractivity contribution in [3.8, 4) is 0 Å². The highest BCUT2D eigenvalue weighted by molar-refractivity contribution is 5.87. The van der Waals surface area contributed by atoms with E-state index in [-0.39, 0.29) is 17.8 Å². The third-order valence-electron chi connectivity index (χ3n) is 2.46. The summed E-state index contributed by atoms with van der Waals surface area (Å²) in [7, 11) is 1.84. The van der Waals surface area contributed by atoms with Gasteiger partial charge in [0.05, 0.1) is 12.6 Å². The van der Waals surface area contributed by atoms with Crippen LogP contribution in [0.15, 0.2) is 17.0 Å². The van der Waals surface area contributed by atoms with Crippen LogP contribution >= 0.6 is 0 Å². The summed E-state index contributed by atoms with van der Waals surface area (Å²) in [6.07, 6.45) is 2.86. The molecule has 19 heavy (non-hydrogen) atoms. The van der Waals surface area contributed by atoms with Crippen molar-refractivity contribution >= 4 is 12.0 Å². The summed E-state index contributed by atoms with van der Waals surface area (Å²) in [5, 5.41) is 10.8. The minimum atomic E-state index is -0.509. The smallest absolute Gasteiger partial charge is 0.360 e. The number of esters is 1. The molecule has 102 valence electrons. The Morgan fingerprint density at radius 2 is 2.42 bits per heavy atom. The van der Waals surface area contributed by atoms with Crippen LogP contribution in [0.3, 0.4) is 0 Å². The van der Waals surface area contributed by atoms with Gasteiger partial charge in [0.2, 0.25) is 0 Å². The Balaban J connectivity index is 2.04. The topological polar surface area (TPSA) is 95.1 Å². The molecule has 8 heteroatoms. The number of hydrogen-bond acceptors (Lipinski definition) is 7. The van der Waals surface area contributed by atoms with Gasteiger partial charge in [-0.2, -0.15) is 4.98 Å². The molecule has 0 saturated heterocycles. The van der Waals surface area contributed by atoms with Gasteiger partial charge in [0.15, 0.2) is 11.5 Å². The van der Waals surface area contributed by atoms with Crippen molar-refractivity contribution in [3.63, 3.8) is 0 Å². The second-order valence-corrected chi connectivity index (χ2v) is 3.92. The molecule has 0 radical (unpaired) electrons. The average molecular weight is 265 g/mol. The van der Waals surface area contributed by atoms with E-state index in [4.69, 9.17) is 9.15 Å². The van der Waals surface area contributed by atoms with Crippen molar-refractivity contribution in [1.29, 1.82) is 0 Å². The van der Waals surface area contributed by atoms with Gasteiger partial charge in [0.25, 0.3) is 6.01 Å². The molecule has 2 rings (SSSR count). The van der Waals surface area contributed by atoms with E-state index in [1.54, 1.807) is 17.8 Å². The normalized spacial score (nSPS) is 12.2. The summed E-state index contributed by atoms with van der Waals surface area (Å²) < 4.78 is 11.8. The van der Waals surface area contributed by atoms with Gasteiger partial charge in [0.1, 0.15) is 12.6 Å².